The van der Waals surface area contributed by atoms with Crippen LogP contribution in [0.1, 0.15) is 0 Å². The Hall–Kier alpha value is -1.53. The first-order chi connectivity index (χ1) is 6.49. The molecule has 0 saturated heterocycles. The highest BCUT2D eigenvalue weighted by Gasteiger charge is 2.24. The molecule has 0 atom stereocenters. The molecule has 0 amide bonds. The largest absolute Gasteiger partial charge is 0.493 e. The smallest absolute Gasteiger partial charge is 0.203 e. The first-order valence-electron chi connectivity index (χ1n) is 3.32. The summed E-state index contributed by atoms with van der Waals surface area (Å²) in [4.78, 5) is 0. The van der Waals surface area contributed by atoms with Gasteiger partial charge in [-0.25, -0.2) is 8.78 Å². The Morgan fingerprint density at radius 2 is 1.71 bits per heavy atom. The third kappa shape index (κ3) is 1.57. The highest BCUT2D eigenvalue weighted by molar-refractivity contribution is 5.49. The van der Waals surface area contributed by atoms with E-state index in [-0.39, 0.29) is 0 Å². The molecule has 0 N–H and O–H groups in total. The number of anilines is 1. The number of hydrogen-bond donors (Lipinski definition) is 0. The van der Waals surface area contributed by atoms with Crippen molar-refractivity contribution < 1.29 is 26.9 Å². The molecule has 14 heavy (non-hydrogen) atoms. The van der Waals surface area contributed by atoms with E-state index in [0.29, 0.717) is 6.07 Å². The molecule has 0 aliphatic heterocycles. The van der Waals surface area contributed by atoms with Crippen molar-refractivity contribution in [3.05, 3.63) is 23.5 Å². The van der Waals surface area contributed by atoms with Gasteiger partial charge >= 0.3 is 0 Å². The van der Waals surface area contributed by atoms with Gasteiger partial charge in [-0.2, -0.15) is 4.39 Å². The number of ether oxygens (including phenoxy) is 1. The zero-order chi connectivity index (χ0) is 10.9. The Morgan fingerprint density at radius 1 is 1.14 bits per heavy atom. The summed E-state index contributed by atoms with van der Waals surface area (Å²) < 4.78 is 66.2. The average Bonchev–Trinajstić information content (AvgIpc) is 2.10. The van der Waals surface area contributed by atoms with Gasteiger partial charge in [-0.1, -0.05) is 8.96 Å². The fourth-order valence-corrected chi connectivity index (χ4v) is 0.867. The molecule has 78 valence electrons. The quantitative estimate of drug-likeness (QED) is 0.425. The molecule has 1 aromatic carbocycles. The van der Waals surface area contributed by atoms with Crippen LogP contribution in [0.15, 0.2) is 6.07 Å². The molecule has 0 aliphatic carbocycles. The van der Waals surface area contributed by atoms with Crippen molar-refractivity contribution in [2.45, 2.75) is 0 Å². The van der Waals surface area contributed by atoms with Gasteiger partial charge in [0.2, 0.25) is 5.82 Å². The predicted molar refractivity (Wildman–Crippen MR) is 37.6 cm³/mol. The van der Waals surface area contributed by atoms with Crippen LogP contribution in [-0.4, -0.2) is 7.11 Å². The number of rotatable bonds is 2. The van der Waals surface area contributed by atoms with E-state index in [2.05, 4.69) is 4.74 Å². The van der Waals surface area contributed by atoms with E-state index in [1.807, 2.05) is 0 Å². The second-order valence-corrected chi connectivity index (χ2v) is 2.27. The second kappa shape index (κ2) is 3.69. The van der Waals surface area contributed by atoms with Crippen LogP contribution in [0.4, 0.5) is 27.8 Å². The Kier molecular flexibility index (Phi) is 2.78. The molecule has 1 aromatic rings. The molecule has 0 saturated carbocycles. The minimum Gasteiger partial charge on any atom is -0.493 e. The van der Waals surface area contributed by atoms with Gasteiger partial charge in [-0.3, -0.25) is 0 Å². The Bertz CT molecular complexity index is 354. The van der Waals surface area contributed by atoms with Crippen LogP contribution in [0.3, 0.4) is 0 Å². The highest BCUT2D eigenvalue weighted by atomic mass is 19.4. The van der Waals surface area contributed by atoms with Crippen LogP contribution in [0.2, 0.25) is 0 Å². The number of benzene rings is 1. The highest BCUT2D eigenvalue weighted by Crippen LogP contribution is 2.31. The zero-order valence-corrected chi connectivity index (χ0v) is 6.82. The van der Waals surface area contributed by atoms with E-state index in [1.165, 1.54) is 0 Å². The van der Waals surface area contributed by atoms with Gasteiger partial charge in [0.05, 0.1) is 7.11 Å². The molecule has 0 aromatic heterocycles. The van der Waals surface area contributed by atoms with Gasteiger partial charge in [0.1, 0.15) is 0 Å². The van der Waals surface area contributed by atoms with Crippen LogP contribution in [0.5, 0.6) is 5.75 Å². The Labute approximate surface area is 75.4 Å². The van der Waals surface area contributed by atoms with Gasteiger partial charge in [-0.15, -0.1) is 0 Å². The SMILES string of the molecule is COc1cc(F)c(N(F)F)c(F)c1F. The lowest BCUT2D eigenvalue weighted by atomic mass is 10.2. The van der Waals surface area contributed by atoms with Gasteiger partial charge in [0.15, 0.2) is 23.1 Å². The summed E-state index contributed by atoms with van der Waals surface area (Å²) in [7, 11) is 0.958. The summed E-state index contributed by atoms with van der Waals surface area (Å²) in [6.45, 7) is 0. The van der Waals surface area contributed by atoms with Crippen LogP contribution in [0, 0.1) is 17.5 Å². The van der Waals surface area contributed by atoms with E-state index in [1.54, 1.807) is 0 Å². The van der Waals surface area contributed by atoms with Crippen molar-refractivity contribution in [2.24, 2.45) is 0 Å². The van der Waals surface area contributed by atoms with E-state index in [0.717, 1.165) is 7.11 Å². The van der Waals surface area contributed by atoms with E-state index < -0.39 is 34.2 Å². The number of methoxy groups -OCH3 is 1. The lowest BCUT2D eigenvalue weighted by Crippen LogP contribution is -2.06. The van der Waals surface area contributed by atoms with Crippen molar-refractivity contribution in [3.63, 3.8) is 0 Å². The average molecular weight is 213 g/mol. The Morgan fingerprint density at radius 3 is 2.14 bits per heavy atom. The second-order valence-electron chi connectivity index (χ2n) is 2.27. The maximum atomic E-state index is 12.8. The molecular formula is C7H4F5NO. The maximum absolute atomic E-state index is 12.8. The van der Waals surface area contributed by atoms with E-state index >= 15 is 0 Å². The molecule has 2 nitrogen and oxygen atoms in total. The lowest BCUT2D eigenvalue weighted by molar-refractivity contribution is 0.224. The van der Waals surface area contributed by atoms with Crippen molar-refractivity contribution in [2.75, 3.05) is 12.5 Å². The summed E-state index contributed by atoms with van der Waals surface area (Å²) in [5, 5.41) is -1.84. The van der Waals surface area contributed by atoms with Gasteiger partial charge in [0, 0.05) is 6.07 Å². The first-order valence-corrected chi connectivity index (χ1v) is 3.32. The van der Waals surface area contributed by atoms with Crippen LogP contribution in [-0.2, 0) is 0 Å². The Balaban J connectivity index is 3.41. The number of halogens is 5. The third-order valence-corrected chi connectivity index (χ3v) is 1.49. The van der Waals surface area contributed by atoms with Gasteiger partial charge in [-0.05, 0) is 5.34 Å². The molecule has 7 heteroatoms. The van der Waals surface area contributed by atoms with Gasteiger partial charge < -0.3 is 4.74 Å². The minimum absolute atomic E-state index is 0.333. The van der Waals surface area contributed by atoms with Crippen LogP contribution < -0.4 is 10.1 Å². The van der Waals surface area contributed by atoms with Crippen molar-refractivity contribution in [1.29, 1.82) is 0 Å². The van der Waals surface area contributed by atoms with E-state index in [9.17, 15) is 22.1 Å². The molecule has 0 unspecified atom stereocenters. The van der Waals surface area contributed by atoms with Crippen molar-refractivity contribution in [3.8, 4) is 5.75 Å². The monoisotopic (exact) mass is 213 g/mol. The van der Waals surface area contributed by atoms with Crippen molar-refractivity contribution in [1.82, 2.24) is 0 Å². The topological polar surface area (TPSA) is 12.5 Å². The normalized spacial score (nSPS) is 10.1. The number of hydrogen-bond acceptors (Lipinski definition) is 2. The summed E-state index contributed by atoms with van der Waals surface area (Å²) in [6, 6.07) is 0.333. The fraction of sp³-hybridized carbons (Fsp3) is 0.143. The summed E-state index contributed by atoms with van der Waals surface area (Å²) >= 11 is 0. The van der Waals surface area contributed by atoms with E-state index in [4.69, 9.17) is 0 Å². The van der Waals surface area contributed by atoms with Crippen LogP contribution >= 0.6 is 0 Å². The molecule has 0 fully saturated rings. The molecule has 0 spiro atoms. The summed E-state index contributed by atoms with van der Waals surface area (Å²) in [6.07, 6.45) is 0. The molecule has 0 aliphatic rings. The summed E-state index contributed by atoms with van der Waals surface area (Å²) in [5.41, 5.74) is -1.75. The molecule has 0 radical (unpaired) electrons. The fourth-order valence-electron chi connectivity index (χ4n) is 0.867. The van der Waals surface area contributed by atoms with Crippen LogP contribution in [0.25, 0.3) is 0 Å². The lowest BCUT2D eigenvalue weighted by Gasteiger charge is -2.08. The standard InChI is InChI=1S/C7H4F5NO/c1-14-4-2-3(8)7(13(11)12)6(10)5(4)9/h2H,1H3. The zero-order valence-electron chi connectivity index (χ0n) is 6.82. The van der Waals surface area contributed by atoms with Gasteiger partial charge in [0.25, 0.3) is 0 Å². The maximum Gasteiger partial charge on any atom is 0.203 e. The molecule has 1 rings (SSSR count). The molecule has 0 heterocycles. The van der Waals surface area contributed by atoms with Crippen molar-refractivity contribution >= 4 is 5.69 Å². The first kappa shape index (κ1) is 10.6. The minimum atomic E-state index is -1.99. The molecular weight excluding hydrogens is 209 g/mol. The summed E-state index contributed by atoms with van der Waals surface area (Å²) in [5.74, 6) is -6.03. The predicted octanol–water partition coefficient (Wildman–Crippen LogP) is 2.69. The molecule has 0 bridgehead atoms. The number of nitrogens with zero attached hydrogens (tertiary/aromatic N) is 1. The third-order valence-electron chi connectivity index (χ3n) is 1.49.